The molecule has 0 fully saturated rings. The molecule has 0 saturated carbocycles. The summed E-state index contributed by atoms with van der Waals surface area (Å²) in [6, 6.07) is 15.7. The molecule has 2 aromatic rings. The first-order valence-corrected chi connectivity index (χ1v) is 10.5. The first-order valence-electron chi connectivity index (χ1n) is 8.61. The third-order valence-electron chi connectivity index (χ3n) is 4.18. The smallest absolute Gasteiger partial charge is 0.232 e. The standard InChI is InChI=1S/C20H24N2O4S/c1-15(17-7-5-4-6-8-17)21-20(24)13-14-22(27(3,25)26)19-11-9-18(10-12-19)16(2)23/h4-12,15H,13-14H2,1-3H3,(H,21,24). The van der Waals surface area contributed by atoms with Crippen LogP contribution in [0.15, 0.2) is 54.6 Å². The molecular formula is C20H24N2O4S. The summed E-state index contributed by atoms with van der Waals surface area (Å²) in [6.45, 7) is 3.34. The lowest BCUT2D eigenvalue weighted by Gasteiger charge is -2.23. The Balaban J connectivity index is 2.04. The third-order valence-corrected chi connectivity index (χ3v) is 5.38. The maximum Gasteiger partial charge on any atom is 0.232 e. The molecule has 0 aliphatic rings. The van der Waals surface area contributed by atoms with E-state index in [1.807, 2.05) is 37.3 Å². The number of benzene rings is 2. The van der Waals surface area contributed by atoms with Crippen LogP contribution in [0.2, 0.25) is 0 Å². The Bertz CT molecular complexity index is 893. The molecule has 7 heteroatoms. The van der Waals surface area contributed by atoms with Gasteiger partial charge in [-0.2, -0.15) is 0 Å². The zero-order valence-corrected chi connectivity index (χ0v) is 16.5. The Kier molecular flexibility index (Phi) is 6.74. The van der Waals surface area contributed by atoms with Gasteiger partial charge in [0.05, 0.1) is 18.0 Å². The van der Waals surface area contributed by atoms with E-state index in [1.165, 1.54) is 11.2 Å². The fourth-order valence-corrected chi connectivity index (χ4v) is 3.62. The highest BCUT2D eigenvalue weighted by Crippen LogP contribution is 2.19. The van der Waals surface area contributed by atoms with Gasteiger partial charge in [0.15, 0.2) is 5.78 Å². The van der Waals surface area contributed by atoms with Gasteiger partial charge in [0.1, 0.15) is 0 Å². The van der Waals surface area contributed by atoms with Crippen LogP contribution in [0.3, 0.4) is 0 Å². The maximum absolute atomic E-state index is 12.3. The number of ketones is 1. The lowest BCUT2D eigenvalue weighted by molar-refractivity contribution is -0.121. The molecule has 1 N–H and O–H groups in total. The lowest BCUT2D eigenvalue weighted by Crippen LogP contribution is -2.35. The van der Waals surface area contributed by atoms with Crippen LogP contribution in [0.4, 0.5) is 5.69 Å². The van der Waals surface area contributed by atoms with Crippen molar-refractivity contribution in [2.45, 2.75) is 26.3 Å². The van der Waals surface area contributed by atoms with E-state index in [4.69, 9.17) is 0 Å². The molecule has 0 aliphatic heterocycles. The first-order chi connectivity index (χ1) is 12.7. The molecule has 1 atom stereocenters. The van der Waals surface area contributed by atoms with Gasteiger partial charge < -0.3 is 5.32 Å². The zero-order chi connectivity index (χ0) is 20.0. The van der Waals surface area contributed by atoms with Gasteiger partial charge in [-0.15, -0.1) is 0 Å². The van der Waals surface area contributed by atoms with Gasteiger partial charge >= 0.3 is 0 Å². The second-order valence-electron chi connectivity index (χ2n) is 6.39. The Morgan fingerprint density at radius 2 is 1.63 bits per heavy atom. The third kappa shape index (κ3) is 5.92. The molecule has 0 aromatic heterocycles. The number of hydrogen-bond donors (Lipinski definition) is 1. The molecule has 0 aliphatic carbocycles. The summed E-state index contributed by atoms with van der Waals surface area (Å²) < 4.78 is 25.4. The Morgan fingerprint density at radius 3 is 2.15 bits per heavy atom. The number of carbonyl (C=O) groups excluding carboxylic acids is 2. The molecule has 0 heterocycles. The molecule has 1 amide bonds. The number of amides is 1. The van der Waals surface area contributed by atoms with Gasteiger partial charge in [0.2, 0.25) is 15.9 Å². The normalized spacial score (nSPS) is 12.3. The van der Waals surface area contributed by atoms with Crippen LogP contribution in [0.25, 0.3) is 0 Å². The van der Waals surface area contributed by atoms with E-state index in [9.17, 15) is 18.0 Å². The fourth-order valence-electron chi connectivity index (χ4n) is 2.69. The number of rotatable bonds is 8. The summed E-state index contributed by atoms with van der Waals surface area (Å²) in [5.41, 5.74) is 1.90. The average molecular weight is 388 g/mol. The highest BCUT2D eigenvalue weighted by molar-refractivity contribution is 7.92. The topological polar surface area (TPSA) is 83.6 Å². The van der Waals surface area contributed by atoms with E-state index in [0.717, 1.165) is 11.8 Å². The van der Waals surface area contributed by atoms with Crippen molar-refractivity contribution in [2.75, 3.05) is 17.1 Å². The van der Waals surface area contributed by atoms with Crippen molar-refractivity contribution in [1.29, 1.82) is 0 Å². The summed E-state index contributed by atoms with van der Waals surface area (Å²) in [5.74, 6) is -0.331. The second kappa shape index (κ2) is 8.81. The fraction of sp³-hybridized carbons (Fsp3) is 0.300. The van der Waals surface area contributed by atoms with Crippen molar-refractivity contribution in [3.05, 3.63) is 65.7 Å². The molecule has 0 saturated heterocycles. The minimum Gasteiger partial charge on any atom is -0.350 e. The second-order valence-corrected chi connectivity index (χ2v) is 8.29. The maximum atomic E-state index is 12.3. The van der Waals surface area contributed by atoms with E-state index >= 15 is 0 Å². The zero-order valence-electron chi connectivity index (χ0n) is 15.7. The molecular weight excluding hydrogens is 364 g/mol. The highest BCUT2D eigenvalue weighted by atomic mass is 32.2. The predicted octanol–water partition coefficient (Wildman–Crippen LogP) is 2.92. The van der Waals surface area contributed by atoms with E-state index in [0.29, 0.717) is 11.3 Å². The molecule has 0 radical (unpaired) electrons. The molecule has 2 rings (SSSR count). The number of sulfonamides is 1. The number of hydrogen-bond acceptors (Lipinski definition) is 4. The van der Waals surface area contributed by atoms with Gasteiger partial charge in [-0.05, 0) is 43.7 Å². The van der Waals surface area contributed by atoms with Crippen LogP contribution >= 0.6 is 0 Å². The Hall–Kier alpha value is -2.67. The van der Waals surface area contributed by atoms with Crippen molar-refractivity contribution < 1.29 is 18.0 Å². The summed E-state index contributed by atoms with van der Waals surface area (Å²) in [6.07, 6.45) is 1.12. The van der Waals surface area contributed by atoms with Crippen molar-refractivity contribution >= 4 is 27.4 Å². The van der Waals surface area contributed by atoms with Crippen LogP contribution in [-0.2, 0) is 14.8 Å². The van der Waals surface area contributed by atoms with Crippen LogP contribution in [0.5, 0.6) is 0 Å². The summed E-state index contributed by atoms with van der Waals surface area (Å²) in [4.78, 5) is 23.6. The molecule has 2 aromatic carbocycles. The van der Waals surface area contributed by atoms with Gasteiger partial charge in [-0.3, -0.25) is 13.9 Å². The monoisotopic (exact) mass is 388 g/mol. The van der Waals surface area contributed by atoms with Crippen LogP contribution in [0.1, 0.15) is 42.2 Å². The largest absolute Gasteiger partial charge is 0.350 e. The van der Waals surface area contributed by atoms with E-state index < -0.39 is 10.0 Å². The summed E-state index contributed by atoms with van der Waals surface area (Å²) in [5, 5.41) is 2.87. The van der Waals surface area contributed by atoms with E-state index in [2.05, 4.69) is 5.32 Å². The number of nitrogens with zero attached hydrogens (tertiary/aromatic N) is 1. The van der Waals surface area contributed by atoms with Crippen molar-refractivity contribution in [3.63, 3.8) is 0 Å². The van der Waals surface area contributed by atoms with Crippen molar-refractivity contribution in [3.8, 4) is 0 Å². The van der Waals surface area contributed by atoms with Crippen molar-refractivity contribution in [1.82, 2.24) is 5.32 Å². The lowest BCUT2D eigenvalue weighted by atomic mass is 10.1. The number of anilines is 1. The average Bonchev–Trinajstić information content (AvgIpc) is 2.61. The molecule has 0 spiro atoms. The Morgan fingerprint density at radius 1 is 1.04 bits per heavy atom. The van der Waals surface area contributed by atoms with Gasteiger partial charge in [0.25, 0.3) is 0 Å². The highest BCUT2D eigenvalue weighted by Gasteiger charge is 2.19. The van der Waals surface area contributed by atoms with Gasteiger partial charge in [-0.25, -0.2) is 8.42 Å². The first kappa shape index (κ1) is 20.6. The minimum atomic E-state index is -3.56. The molecule has 27 heavy (non-hydrogen) atoms. The molecule has 144 valence electrons. The van der Waals surface area contributed by atoms with Crippen LogP contribution < -0.4 is 9.62 Å². The summed E-state index contributed by atoms with van der Waals surface area (Å²) >= 11 is 0. The predicted molar refractivity (Wildman–Crippen MR) is 106 cm³/mol. The molecule has 1 unspecified atom stereocenters. The quantitative estimate of drug-likeness (QED) is 0.705. The van der Waals surface area contributed by atoms with Crippen molar-refractivity contribution in [2.24, 2.45) is 0 Å². The molecule has 6 nitrogen and oxygen atoms in total. The van der Waals surface area contributed by atoms with Gasteiger partial charge in [0, 0.05) is 18.5 Å². The molecule has 0 bridgehead atoms. The Labute approximate surface area is 160 Å². The number of nitrogens with one attached hydrogen (secondary N) is 1. The van der Waals surface area contributed by atoms with Crippen LogP contribution in [0, 0.1) is 0 Å². The number of carbonyl (C=O) groups is 2. The van der Waals surface area contributed by atoms with E-state index in [-0.39, 0.29) is 30.7 Å². The number of Topliss-reactive ketones (excluding diaryl/α,β-unsaturated/α-hetero) is 1. The minimum absolute atomic E-state index is 0.0194. The van der Waals surface area contributed by atoms with Gasteiger partial charge in [-0.1, -0.05) is 30.3 Å². The summed E-state index contributed by atoms with van der Waals surface area (Å²) in [7, 11) is -3.56. The SMILES string of the molecule is CC(=O)c1ccc(N(CCC(=O)NC(C)c2ccccc2)S(C)(=O)=O)cc1. The van der Waals surface area contributed by atoms with E-state index in [1.54, 1.807) is 24.3 Å². The van der Waals surface area contributed by atoms with Crippen LogP contribution in [-0.4, -0.2) is 32.9 Å².